The van der Waals surface area contributed by atoms with Gasteiger partial charge >= 0.3 is 0 Å². The Kier molecular flexibility index (Phi) is 7.30. The van der Waals surface area contributed by atoms with Gasteiger partial charge in [-0.2, -0.15) is 0 Å². The number of rotatable bonds is 8. The Morgan fingerprint density at radius 3 is 2.50 bits per heavy atom. The minimum absolute atomic E-state index is 0.0133. The van der Waals surface area contributed by atoms with Crippen LogP contribution in [0.2, 0.25) is 0 Å². The normalized spacial score (nSPS) is 15.9. The van der Waals surface area contributed by atoms with Gasteiger partial charge in [0.1, 0.15) is 6.61 Å². The van der Waals surface area contributed by atoms with E-state index >= 15 is 0 Å². The number of carbonyl (C=O) groups is 2. The molecule has 0 radical (unpaired) electrons. The number of anilines is 1. The summed E-state index contributed by atoms with van der Waals surface area (Å²) in [5, 5.41) is 2.87. The molecule has 2 aromatic rings. The Balaban J connectivity index is 1.47. The predicted octanol–water partition coefficient (Wildman–Crippen LogP) is 1.14. The van der Waals surface area contributed by atoms with Crippen LogP contribution in [-0.2, 0) is 9.59 Å². The summed E-state index contributed by atoms with van der Waals surface area (Å²) in [7, 11) is 1.84. The zero-order chi connectivity index (χ0) is 21.5. The molecule has 0 aromatic heterocycles. The third kappa shape index (κ3) is 5.97. The minimum atomic E-state index is -0.214. The zero-order valence-electron chi connectivity index (χ0n) is 17.8. The maximum Gasteiger partial charge on any atom is 0.279 e. The number of nitrogens with zero attached hydrogens (tertiary/aromatic N) is 1. The quantitative estimate of drug-likeness (QED) is 0.682. The van der Waals surface area contributed by atoms with Crippen LogP contribution in [0.5, 0.6) is 11.5 Å². The van der Waals surface area contributed by atoms with Crippen LogP contribution in [-0.4, -0.2) is 62.7 Å². The van der Waals surface area contributed by atoms with Gasteiger partial charge < -0.3 is 24.6 Å². The summed E-state index contributed by atoms with van der Waals surface area (Å²) in [4.78, 5) is 27.6. The van der Waals surface area contributed by atoms with E-state index in [2.05, 4.69) is 5.32 Å². The summed E-state index contributed by atoms with van der Waals surface area (Å²) in [6.45, 7) is 5.82. The molecule has 2 atom stereocenters. The molecule has 0 saturated carbocycles. The van der Waals surface area contributed by atoms with Crippen molar-refractivity contribution >= 4 is 17.5 Å². The second-order valence-electron chi connectivity index (χ2n) is 7.65. The number of benzene rings is 2. The Labute approximate surface area is 177 Å². The number of hydrogen-bond acceptors (Lipinski definition) is 4. The van der Waals surface area contributed by atoms with Gasteiger partial charge in [-0.3, -0.25) is 9.59 Å². The molecule has 30 heavy (non-hydrogen) atoms. The highest BCUT2D eigenvalue weighted by molar-refractivity contribution is 5.91. The first-order chi connectivity index (χ1) is 14.4. The van der Waals surface area contributed by atoms with E-state index < -0.39 is 0 Å². The number of likely N-dealkylation sites (N-methyl/N-ethyl adjacent to an activating group) is 2. The summed E-state index contributed by atoms with van der Waals surface area (Å²) in [6.07, 6.45) is -0.214. The average molecular weight is 413 g/mol. The highest BCUT2D eigenvalue weighted by Crippen LogP contribution is 2.30. The molecular weight excluding hydrogens is 382 g/mol. The van der Waals surface area contributed by atoms with E-state index in [0.29, 0.717) is 25.4 Å². The Morgan fingerprint density at radius 1 is 1.10 bits per heavy atom. The van der Waals surface area contributed by atoms with Crippen LogP contribution >= 0.6 is 0 Å². The first kappa shape index (κ1) is 21.6. The van der Waals surface area contributed by atoms with Gasteiger partial charge in [-0.25, -0.2) is 0 Å². The van der Waals surface area contributed by atoms with E-state index in [-0.39, 0.29) is 31.0 Å². The average Bonchev–Trinajstić information content (AvgIpc) is 2.73. The number of ether oxygens (including phenoxy) is 2. The molecule has 0 aliphatic carbocycles. The number of nitrogens with one attached hydrogen (secondary N) is 2. The second-order valence-corrected chi connectivity index (χ2v) is 7.65. The molecule has 7 nitrogen and oxygen atoms in total. The summed E-state index contributed by atoms with van der Waals surface area (Å²) < 4.78 is 11.7. The number of quaternary nitrogens is 1. The highest BCUT2D eigenvalue weighted by Gasteiger charge is 2.26. The lowest BCUT2D eigenvalue weighted by Crippen LogP contribution is -3.11. The third-order valence-electron chi connectivity index (χ3n) is 4.98. The Bertz CT molecular complexity index is 869. The molecule has 1 heterocycles. The van der Waals surface area contributed by atoms with Crippen molar-refractivity contribution in [1.82, 2.24) is 4.90 Å². The van der Waals surface area contributed by atoms with Gasteiger partial charge in [0.2, 0.25) is 0 Å². The van der Waals surface area contributed by atoms with Gasteiger partial charge in [-0.05, 0) is 38.1 Å². The molecule has 1 aliphatic rings. The van der Waals surface area contributed by atoms with E-state index in [0.717, 1.165) is 21.9 Å². The summed E-state index contributed by atoms with van der Waals surface area (Å²) in [5.74, 6) is 1.30. The Hall–Kier alpha value is -3.06. The number of fused-ring (bicyclic) bond motifs is 1. The van der Waals surface area contributed by atoms with Crippen molar-refractivity contribution in [3.8, 4) is 11.5 Å². The van der Waals surface area contributed by atoms with E-state index in [1.807, 2.05) is 69.4 Å². The van der Waals surface area contributed by atoms with Crippen LogP contribution in [0.4, 0.5) is 5.69 Å². The van der Waals surface area contributed by atoms with Gasteiger partial charge in [-0.15, -0.1) is 0 Å². The first-order valence-corrected chi connectivity index (χ1v) is 10.3. The van der Waals surface area contributed by atoms with Crippen molar-refractivity contribution in [3.63, 3.8) is 0 Å². The molecule has 7 heteroatoms. The maximum absolute atomic E-state index is 12.8. The fourth-order valence-electron chi connectivity index (χ4n) is 3.35. The van der Waals surface area contributed by atoms with Crippen LogP contribution in [0.1, 0.15) is 12.5 Å². The van der Waals surface area contributed by atoms with Crippen molar-refractivity contribution in [1.29, 1.82) is 0 Å². The first-order valence-electron chi connectivity index (χ1n) is 10.3. The summed E-state index contributed by atoms with van der Waals surface area (Å²) in [6, 6.07) is 15.2. The van der Waals surface area contributed by atoms with Gasteiger partial charge in [0.15, 0.2) is 30.7 Å². The number of para-hydroxylation sites is 2. The van der Waals surface area contributed by atoms with Gasteiger partial charge in [-0.1, -0.05) is 29.8 Å². The molecule has 160 valence electrons. The van der Waals surface area contributed by atoms with Crippen LogP contribution in [0.15, 0.2) is 48.5 Å². The monoisotopic (exact) mass is 412 g/mol. The molecular formula is C23H30N3O4+. The molecule has 0 saturated heterocycles. The third-order valence-corrected chi connectivity index (χ3v) is 4.98. The van der Waals surface area contributed by atoms with Crippen molar-refractivity contribution in [2.75, 3.05) is 45.2 Å². The summed E-state index contributed by atoms with van der Waals surface area (Å²) >= 11 is 0. The molecule has 1 unspecified atom stereocenters. The largest absolute Gasteiger partial charge is 0.486 e. The topological polar surface area (TPSA) is 72.3 Å². The lowest BCUT2D eigenvalue weighted by Gasteiger charge is -2.31. The standard InChI is InChI=1S/C23H29N3O4/c1-4-26(13-19-16-29-20-7-5-6-8-21(20)30-19)23(28)15-25(3)14-22(27)24-18-11-9-17(2)10-12-18/h5-12,19H,4,13-16H2,1-3H3,(H,24,27)/p+1/t19-/m1/s1. The molecule has 1 aliphatic heterocycles. The molecule has 2 N–H and O–H groups in total. The van der Waals surface area contributed by atoms with Crippen LogP contribution in [0, 0.1) is 6.92 Å². The van der Waals surface area contributed by atoms with Crippen molar-refractivity contribution in [3.05, 3.63) is 54.1 Å². The maximum atomic E-state index is 12.8. The Morgan fingerprint density at radius 2 is 1.80 bits per heavy atom. The van der Waals surface area contributed by atoms with E-state index in [1.165, 1.54) is 0 Å². The molecule has 2 aromatic carbocycles. The number of aryl methyl sites for hydroxylation is 1. The van der Waals surface area contributed by atoms with E-state index in [4.69, 9.17) is 9.47 Å². The molecule has 3 rings (SSSR count). The number of carbonyl (C=O) groups excluding carboxylic acids is 2. The smallest absolute Gasteiger partial charge is 0.279 e. The minimum Gasteiger partial charge on any atom is -0.486 e. The van der Waals surface area contributed by atoms with E-state index in [9.17, 15) is 9.59 Å². The van der Waals surface area contributed by atoms with Crippen molar-refractivity contribution in [2.45, 2.75) is 20.0 Å². The van der Waals surface area contributed by atoms with Gasteiger partial charge in [0.25, 0.3) is 11.8 Å². The number of hydrogen-bond donors (Lipinski definition) is 2. The predicted molar refractivity (Wildman–Crippen MR) is 115 cm³/mol. The molecule has 0 spiro atoms. The van der Waals surface area contributed by atoms with Crippen LogP contribution < -0.4 is 19.7 Å². The fourth-order valence-corrected chi connectivity index (χ4v) is 3.35. The van der Waals surface area contributed by atoms with Crippen LogP contribution in [0.3, 0.4) is 0 Å². The molecule has 0 fully saturated rings. The lowest BCUT2D eigenvalue weighted by atomic mass is 10.2. The highest BCUT2D eigenvalue weighted by atomic mass is 16.6. The van der Waals surface area contributed by atoms with Crippen molar-refractivity contribution in [2.24, 2.45) is 0 Å². The van der Waals surface area contributed by atoms with Crippen molar-refractivity contribution < 1.29 is 24.0 Å². The SMILES string of the molecule is CCN(C[C@@H]1COc2ccccc2O1)C(=O)C[NH+](C)CC(=O)Nc1ccc(C)cc1. The zero-order valence-corrected chi connectivity index (χ0v) is 17.8. The molecule has 2 amide bonds. The molecule has 0 bridgehead atoms. The number of amides is 2. The summed E-state index contributed by atoms with van der Waals surface area (Å²) in [5.41, 5.74) is 1.89. The lowest BCUT2D eigenvalue weighted by molar-refractivity contribution is -0.862. The van der Waals surface area contributed by atoms with Gasteiger partial charge in [0.05, 0.1) is 13.6 Å². The van der Waals surface area contributed by atoms with E-state index in [1.54, 1.807) is 4.90 Å². The second kappa shape index (κ2) is 10.1. The van der Waals surface area contributed by atoms with Gasteiger partial charge in [0, 0.05) is 12.2 Å². The fraction of sp³-hybridized carbons (Fsp3) is 0.391. The van der Waals surface area contributed by atoms with Crippen LogP contribution in [0.25, 0.3) is 0 Å².